The molecule has 2 N–H and O–H groups in total. The number of fused-ring (bicyclic) bond motifs is 1. The predicted octanol–water partition coefficient (Wildman–Crippen LogP) is 2.15. The van der Waals surface area contributed by atoms with E-state index in [1.54, 1.807) is 7.11 Å². The van der Waals surface area contributed by atoms with Crippen molar-refractivity contribution in [2.45, 2.75) is 19.4 Å². The summed E-state index contributed by atoms with van der Waals surface area (Å²) in [5, 5.41) is 0. The molecule has 1 aliphatic heterocycles. The zero-order valence-electron chi connectivity index (χ0n) is 11.0. The van der Waals surface area contributed by atoms with Crippen LogP contribution in [0.15, 0.2) is 30.3 Å². The van der Waals surface area contributed by atoms with Crippen LogP contribution in [0.3, 0.4) is 0 Å². The fraction of sp³-hybridized carbons (Fsp3) is 0.286. The van der Waals surface area contributed by atoms with Gasteiger partial charge in [0.15, 0.2) is 0 Å². The molecule has 0 aliphatic carbocycles. The Morgan fingerprint density at radius 2 is 2.11 bits per heavy atom. The highest BCUT2D eigenvalue weighted by Gasteiger charge is 2.28. The van der Waals surface area contributed by atoms with E-state index < -0.39 is 0 Å². The SMILES string of the molecule is COc1cc(N2c3ccccc3CC2C)nc(N)n1. The van der Waals surface area contributed by atoms with Gasteiger partial charge in [0.05, 0.1) is 7.11 Å². The van der Waals surface area contributed by atoms with Crippen molar-refractivity contribution in [3.8, 4) is 5.88 Å². The normalized spacial score (nSPS) is 17.4. The lowest BCUT2D eigenvalue weighted by Crippen LogP contribution is -2.25. The summed E-state index contributed by atoms with van der Waals surface area (Å²) in [6, 6.07) is 10.5. The van der Waals surface area contributed by atoms with E-state index in [1.807, 2.05) is 12.1 Å². The maximum atomic E-state index is 5.74. The van der Waals surface area contributed by atoms with E-state index in [0.29, 0.717) is 11.9 Å². The number of nitrogens with two attached hydrogens (primary N) is 1. The first-order chi connectivity index (χ1) is 9.19. The van der Waals surface area contributed by atoms with Crippen LogP contribution in [0, 0.1) is 0 Å². The molecule has 1 aromatic heterocycles. The van der Waals surface area contributed by atoms with E-state index in [0.717, 1.165) is 12.2 Å². The molecule has 1 aliphatic rings. The second-order valence-electron chi connectivity index (χ2n) is 4.68. The highest BCUT2D eigenvalue weighted by Crippen LogP contribution is 2.37. The molecule has 1 unspecified atom stereocenters. The quantitative estimate of drug-likeness (QED) is 0.892. The Kier molecular flexibility index (Phi) is 2.74. The molecule has 0 radical (unpaired) electrons. The lowest BCUT2D eigenvalue weighted by Gasteiger charge is -2.24. The van der Waals surface area contributed by atoms with Crippen LogP contribution in [0.5, 0.6) is 5.88 Å². The Morgan fingerprint density at radius 1 is 1.32 bits per heavy atom. The average Bonchev–Trinajstić information content (AvgIpc) is 2.73. The second-order valence-corrected chi connectivity index (χ2v) is 4.68. The molecular formula is C14H16N4O. The topological polar surface area (TPSA) is 64.3 Å². The molecule has 0 spiro atoms. The lowest BCUT2D eigenvalue weighted by atomic mass is 10.1. The van der Waals surface area contributed by atoms with Gasteiger partial charge in [-0.25, -0.2) is 0 Å². The standard InChI is InChI=1S/C14H16N4O/c1-9-7-10-5-3-4-6-11(10)18(9)12-8-13(19-2)17-14(15)16-12/h3-6,8-9H,7H2,1-2H3,(H2,15,16,17). The van der Waals surface area contributed by atoms with E-state index in [-0.39, 0.29) is 5.95 Å². The number of benzene rings is 1. The smallest absolute Gasteiger partial charge is 0.225 e. The summed E-state index contributed by atoms with van der Waals surface area (Å²) in [7, 11) is 1.58. The number of rotatable bonds is 2. The largest absolute Gasteiger partial charge is 0.481 e. The van der Waals surface area contributed by atoms with Gasteiger partial charge in [0, 0.05) is 17.8 Å². The Balaban J connectivity index is 2.09. The van der Waals surface area contributed by atoms with Crippen LogP contribution in [-0.2, 0) is 6.42 Å². The van der Waals surface area contributed by atoms with Crippen LogP contribution in [0.25, 0.3) is 0 Å². The van der Waals surface area contributed by atoms with Gasteiger partial charge in [-0.1, -0.05) is 18.2 Å². The number of ether oxygens (including phenoxy) is 1. The van der Waals surface area contributed by atoms with Gasteiger partial charge in [0.25, 0.3) is 0 Å². The van der Waals surface area contributed by atoms with Gasteiger partial charge in [-0.3, -0.25) is 0 Å². The Labute approximate surface area is 112 Å². The molecule has 2 heterocycles. The Bertz CT molecular complexity index is 614. The molecule has 1 aromatic carbocycles. The van der Waals surface area contributed by atoms with E-state index in [2.05, 4.69) is 40.0 Å². The van der Waals surface area contributed by atoms with Gasteiger partial charge in [0.2, 0.25) is 11.8 Å². The van der Waals surface area contributed by atoms with Crippen molar-refractivity contribution in [2.24, 2.45) is 0 Å². The average molecular weight is 256 g/mol. The van der Waals surface area contributed by atoms with Gasteiger partial charge in [-0.05, 0) is 25.0 Å². The molecule has 0 saturated carbocycles. The first-order valence-corrected chi connectivity index (χ1v) is 6.24. The Hall–Kier alpha value is -2.30. The second kappa shape index (κ2) is 4.42. The minimum atomic E-state index is 0.228. The Morgan fingerprint density at radius 3 is 2.89 bits per heavy atom. The number of nitrogen functional groups attached to an aromatic ring is 1. The summed E-state index contributed by atoms with van der Waals surface area (Å²) in [5.41, 5.74) is 8.24. The van der Waals surface area contributed by atoms with Crippen molar-refractivity contribution in [1.29, 1.82) is 0 Å². The maximum absolute atomic E-state index is 5.74. The molecule has 0 fully saturated rings. The third-order valence-electron chi connectivity index (χ3n) is 3.37. The van der Waals surface area contributed by atoms with Crippen molar-refractivity contribution < 1.29 is 4.74 Å². The highest BCUT2D eigenvalue weighted by atomic mass is 16.5. The molecule has 19 heavy (non-hydrogen) atoms. The molecule has 5 heteroatoms. The van der Waals surface area contributed by atoms with Crippen molar-refractivity contribution in [3.63, 3.8) is 0 Å². The molecule has 0 amide bonds. The van der Waals surface area contributed by atoms with Crippen LogP contribution >= 0.6 is 0 Å². The fourth-order valence-electron chi connectivity index (χ4n) is 2.57. The van der Waals surface area contributed by atoms with Gasteiger partial charge in [-0.2, -0.15) is 9.97 Å². The number of hydrogen-bond acceptors (Lipinski definition) is 5. The summed E-state index contributed by atoms with van der Waals surface area (Å²) in [6.07, 6.45) is 1.00. The monoisotopic (exact) mass is 256 g/mol. The van der Waals surface area contributed by atoms with Crippen LogP contribution in [0.2, 0.25) is 0 Å². The summed E-state index contributed by atoms with van der Waals surface area (Å²) >= 11 is 0. The fourth-order valence-corrected chi connectivity index (χ4v) is 2.57. The van der Waals surface area contributed by atoms with Crippen LogP contribution in [-0.4, -0.2) is 23.1 Å². The van der Waals surface area contributed by atoms with Crippen LogP contribution in [0.4, 0.5) is 17.5 Å². The predicted molar refractivity (Wildman–Crippen MR) is 74.7 cm³/mol. The van der Waals surface area contributed by atoms with Crippen LogP contribution in [0.1, 0.15) is 12.5 Å². The molecule has 0 bridgehead atoms. The van der Waals surface area contributed by atoms with E-state index in [9.17, 15) is 0 Å². The summed E-state index contributed by atoms with van der Waals surface area (Å²) in [5.74, 6) is 1.49. The molecule has 0 saturated heterocycles. The zero-order valence-corrected chi connectivity index (χ0v) is 11.0. The van der Waals surface area contributed by atoms with E-state index in [4.69, 9.17) is 10.5 Å². The third-order valence-corrected chi connectivity index (χ3v) is 3.37. The minimum absolute atomic E-state index is 0.228. The van der Waals surface area contributed by atoms with Crippen molar-refractivity contribution in [1.82, 2.24) is 9.97 Å². The molecular weight excluding hydrogens is 240 g/mol. The molecule has 1 atom stereocenters. The lowest BCUT2D eigenvalue weighted by molar-refractivity contribution is 0.397. The van der Waals surface area contributed by atoms with Crippen molar-refractivity contribution >= 4 is 17.5 Å². The first kappa shape index (κ1) is 11.8. The third kappa shape index (κ3) is 1.97. The molecule has 5 nitrogen and oxygen atoms in total. The van der Waals surface area contributed by atoms with Crippen LogP contribution < -0.4 is 15.4 Å². The summed E-state index contributed by atoms with van der Waals surface area (Å²) in [6.45, 7) is 2.17. The number of aromatic nitrogens is 2. The highest BCUT2D eigenvalue weighted by molar-refractivity contribution is 5.69. The molecule has 98 valence electrons. The van der Waals surface area contributed by atoms with Crippen molar-refractivity contribution in [3.05, 3.63) is 35.9 Å². The van der Waals surface area contributed by atoms with Crippen molar-refractivity contribution in [2.75, 3.05) is 17.7 Å². The van der Waals surface area contributed by atoms with Gasteiger partial charge in [0.1, 0.15) is 5.82 Å². The number of hydrogen-bond donors (Lipinski definition) is 1. The number of para-hydroxylation sites is 1. The number of nitrogens with zero attached hydrogens (tertiary/aromatic N) is 3. The van der Waals surface area contributed by atoms with E-state index >= 15 is 0 Å². The van der Waals surface area contributed by atoms with Gasteiger partial charge in [-0.15, -0.1) is 0 Å². The maximum Gasteiger partial charge on any atom is 0.225 e. The minimum Gasteiger partial charge on any atom is -0.481 e. The van der Waals surface area contributed by atoms with Gasteiger partial charge < -0.3 is 15.4 Å². The first-order valence-electron chi connectivity index (χ1n) is 6.24. The molecule has 3 rings (SSSR count). The number of methoxy groups -OCH3 is 1. The zero-order chi connectivity index (χ0) is 13.4. The summed E-state index contributed by atoms with van der Waals surface area (Å²) in [4.78, 5) is 10.5. The number of anilines is 3. The summed E-state index contributed by atoms with van der Waals surface area (Å²) < 4.78 is 5.16. The van der Waals surface area contributed by atoms with Gasteiger partial charge >= 0.3 is 0 Å². The molecule has 2 aromatic rings. The van der Waals surface area contributed by atoms with E-state index in [1.165, 1.54) is 11.3 Å².